The lowest BCUT2D eigenvalue weighted by atomic mass is 10.1. The summed E-state index contributed by atoms with van der Waals surface area (Å²) in [4.78, 5) is 14.3. The number of hydrogen-bond acceptors (Lipinski definition) is 7. The van der Waals surface area contributed by atoms with E-state index < -0.39 is 10.0 Å². The third kappa shape index (κ3) is 3.27. The average molecular weight is 387 g/mol. The van der Waals surface area contributed by atoms with E-state index in [-0.39, 0.29) is 0 Å². The third-order valence-electron chi connectivity index (χ3n) is 4.08. The summed E-state index contributed by atoms with van der Waals surface area (Å²) < 4.78 is 25.1. The van der Waals surface area contributed by atoms with Crippen LogP contribution in [-0.4, -0.2) is 36.2 Å². The molecule has 1 N–H and O–H groups in total. The number of thiazole rings is 1. The van der Waals surface area contributed by atoms with E-state index >= 15 is 0 Å². The fourth-order valence-electron chi connectivity index (χ4n) is 2.93. The van der Waals surface area contributed by atoms with Crippen LogP contribution in [0.2, 0.25) is 0 Å². The van der Waals surface area contributed by atoms with E-state index in [0.29, 0.717) is 18.9 Å². The van der Waals surface area contributed by atoms with Crippen LogP contribution in [0.5, 0.6) is 0 Å². The maximum atomic E-state index is 11.8. The van der Waals surface area contributed by atoms with Crippen LogP contribution in [0.25, 0.3) is 10.7 Å². The zero-order valence-electron chi connectivity index (χ0n) is 14.3. The van der Waals surface area contributed by atoms with Gasteiger partial charge in [0.05, 0.1) is 11.9 Å². The number of nitrogens with one attached hydrogen (secondary N) is 1. The largest absolute Gasteiger partial charge is 0.324 e. The number of fused-ring (bicyclic) bond motifs is 1. The van der Waals surface area contributed by atoms with E-state index in [0.717, 1.165) is 32.5 Å². The second kappa shape index (κ2) is 6.33. The molecular formula is C17H17N5O2S2. The zero-order valence-corrected chi connectivity index (χ0v) is 15.9. The van der Waals surface area contributed by atoms with E-state index in [1.165, 1.54) is 10.6 Å². The molecule has 3 aromatic rings. The molecule has 134 valence electrons. The highest BCUT2D eigenvalue weighted by atomic mass is 32.2. The molecule has 1 aliphatic rings. The van der Waals surface area contributed by atoms with Gasteiger partial charge in [0.15, 0.2) is 0 Å². The highest BCUT2D eigenvalue weighted by Crippen LogP contribution is 2.33. The van der Waals surface area contributed by atoms with Gasteiger partial charge in [0.2, 0.25) is 16.0 Å². The quantitative estimate of drug-likeness (QED) is 0.740. The number of aryl methyl sites for hydroxylation is 1. The van der Waals surface area contributed by atoms with E-state index in [4.69, 9.17) is 0 Å². The van der Waals surface area contributed by atoms with Crippen LogP contribution >= 0.6 is 11.3 Å². The van der Waals surface area contributed by atoms with Crippen LogP contribution < -0.4 is 9.62 Å². The first-order chi connectivity index (χ1) is 12.4. The third-order valence-corrected chi connectivity index (χ3v) is 6.20. The lowest BCUT2D eigenvalue weighted by Gasteiger charge is -2.16. The Morgan fingerprint density at radius 2 is 2.08 bits per heavy atom. The molecular weight excluding hydrogens is 370 g/mol. The van der Waals surface area contributed by atoms with Crippen molar-refractivity contribution in [3.63, 3.8) is 0 Å². The Balaban J connectivity index is 1.59. The van der Waals surface area contributed by atoms with Gasteiger partial charge in [0, 0.05) is 29.5 Å². The molecule has 1 aliphatic heterocycles. The average Bonchev–Trinajstić information content (AvgIpc) is 3.20. The number of benzene rings is 1. The van der Waals surface area contributed by atoms with Crippen LogP contribution in [0.15, 0.2) is 36.7 Å². The van der Waals surface area contributed by atoms with Crippen molar-refractivity contribution in [1.29, 1.82) is 0 Å². The first-order valence-corrected chi connectivity index (χ1v) is 10.7. The molecule has 0 fully saturated rings. The van der Waals surface area contributed by atoms with Crippen molar-refractivity contribution in [2.75, 3.05) is 22.4 Å². The maximum Gasteiger partial charge on any atom is 0.232 e. The summed E-state index contributed by atoms with van der Waals surface area (Å²) >= 11 is 1.58. The Hall–Kier alpha value is -2.52. The zero-order chi connectivity index (χ0) is 18.3. The number of sulfonamides is 1. The van der Waals surface area contributed by atoms with Crippen LogP contribution in [0.1, 0.15) is 10.4 Å². The number of rotatable bonds is 4. The predicted octanol–water partition coefficient (Wildman–Crippen LogP) is 2.97. The summed E-state index contributed by atoms with van der Waals surface area (Å²) in [6, 6.07) is 7.44. The van der Waals surface area contributed by atoms with Crippen LogP contribution in [0, 0.1) is 6.92 Å². The van der Waals surface area contributed by atoms with E-state index in [2.05, 4.69) is 20.3 Å². The summed E-state index contributed by atoms with van der Waals surface area (Å²) in [6.07, 6.45) is 5.44. The Morgan fingerprint density at radius 1 is 1.23 bits per heavy atom. The summed E-state index contributed by atoms with van der Waals surface area (Å²) in [7, 11) is -3.24. The van der Waals surface area contributed by atoms with Crippen LogP contribution in [0.3, 0.4) is 0 Å². The normalized spacial score (nSPS) is 13.7. The van der Waals surface area contributed by atoms with E-state index in [1.54, 1.807) is 17.5 Å². The molecule has 0 saturated heterocycles. The maximum absolute atomic E-state index is 11.8. The van der Waals surface area contributed by atoms with Crippen molar-refractivity contribution in [2.45, 2.75) is 13.3 Å². The lowest BCUT2D eigenvalue weighted by molar-refractivity contribution is 0.598. The summed E-state index contributed by atoms with van der Waals surface area (Å²) in [5, 5.41) is 4.04. The molecule has 0 unspecified atom stereocenters. The van der Waals surface area contributed by atoms with Crippen molar-refractivity contribution in [3.05, 3.63) is 47.1 Å². The van der Waals surface area contributed by atoms with Gasteiger partial charge in [-0.2, -0.15) is 0 Å². The highest BCUT2D eigenvalue weighted by Gasteiger charge is 2.26. The number of hydrogen-bond donors (Lipinski definition) is 1. The molecule has 4 rings (SSSR count). The Morgan fingerprint density at radius 3 is 2.81 bits per heavy atom. The van der Waals surface area contributed by atoms with Crippen molar-refractivity contribution in [1.82, 2.24) is 15.0 Å². The fraction of sp³-hybridized carbons (Fsp3) is 0.235. The molecule has 0 amide bonds. The van der Waals surface area contributed by atoms with E-state index in [1.807, 2.05) is 37.4 Å². The first-order valence-electron chi connectivity index (χ1n) is 8.04. The molecule has 0 atom stereocenters. The molecule has 2 aromatic heterocycles. The molecule has 0 bridgehead atoms. The van der Waals surface area contributed by atoms with Crippen molar-refractivity contribution >= 4 is 38.7 Å². The van der Waals surface area contributed by atoms with Gasteiger partial charge in [-0.15, -0.1) is 11.3 Å². The minimum absolute atomic E-state index is 0.479. The summed E-state index contributed by atoms with van der Waals surface area (Å²) in [6.45, 7) is 2.48. The van der Waals surface area contributed by atoms with Gasteiger partial charge in [-0.3, -0.25) is 4.31 Å². The standard InChI is InChI=1S/C17H17N5O2S2/c1-11-10-19-16(25-11)14-5-7-18-17(21-14)20-13-3-4-15-12(9-13)6-8-22(15)26(2,23)24/h3-5,7,9-10H,6,8H2,1-2H3,(H,18,20,21). The lowest BCUT2D eigenvalue weighted by Crippen LogP contribution is -2.27. The minimum atomic E-state index is -3.24. The van der Waals surface area contributed by atoms with Gasteiger partial charge in [-0.05, 0) is 43.2 Å². The smallest absolute Gasteiger partial charge is 0.232 e. The minimum Gasteiger partial charge on any atom is -0.324 e. The second-order valence-electron chi connectivity index (χ2n) is 6.10. The molecule has 0 aliphatic carbocycles. The predicted molar refractivity (Wildman–Crippen MR) is 103 cm³/mol. The van der Waals surface area contributed by atoms with Gasteiger partial charge in [0.25, 0.3) is 0 Å². The highest BCUT2D eigenvalue weighted by molar-refractivity contribution is 7.92. The SMILES string of the molecule is Cc1cnc(-c2ccnc(Nc3ccc4c(c3)CCN4S(C)(=O)=O)n2)s1. The number of nitrogens with zero attached hydrogens (tertiary/aromatic N) is 4. The van der Waals surface area contributed by atoms with Crippen LogP contribution in [0.4, 0.5) is 17.3 Å². The van der Waals surface area contributed by atoms with Gasteiger partial charge >= 0.3 is 0 Å². The Bertz CT molecular complexity index is 1080. The molecule has 0 radical (unpaired) electrons. The molecule has 7 nitrogen and oxygen atoms in total. The molecule has 0 saturated carbocycles. The topological polar surface area (TPSA) is 88.1 Å². The Kier molecular flexibility index (Phi) is 4.12. The second-order valence-corrected chi connectivity index (χ2v) is 9.24. The van der Waals surface area contributed by atoms with E-state index in [9.17, 15) is 8.42 Å². The van der Waals surface area contributed by atoms with Crippen molar-refractivity contribution in [2.24, 2.45) is 0 Å². The number of aromatic nitrogens is 3. The first kappa shape index (κ1) is 16.9. The van der Waals surface area contributed by atoms with Gasteiger partial charge in [0.1, 0.15) is 10.7 Å². The van der Waals surface area contributed by atoms with Gasteiger partial charge in [-0.1, -0.05) is 0 Å². The summed E-state index contributed by atoms with van der Waals surface area (Å²) in [5.74, 6) is 0.480. The molecule has 26 heavy (non-hydrogen) atoms. The molecule has 9 heteroatoms. The number of anilines is 3. The van der Waals surface area contributed by atoms with Gasteiger partial charge in [-0.25, -0.2) is 23.4 Å². The molecule has 1 aromatic carbocycles. The van der Waals surface area contributed by atoms with Crippen molar-refractivity contribution in [3.8, 4) is 10.7 Å². The molecule has 3 heterocycles. The Labute approximate surface area is 155 Å². The summed E-state index contributed by atoms with van der Waals surface area (Å²) in [5.41, 5.74) is 3.33. The monoisotopic (exact) mass is 387 g/mol. The van der Waals surface area contributed by atoms with Gasteiger partial charge < -0.3 is 5.32 Å². The fourth-order valence-corrected chi connectivity index (χ4v) is 4.63. The van der Waals surface area contributed by atoms with Crippen LogP contribution in [-0.2, 0) is 16.4 Å². The van der Waals surface area contributed by atoms with Crippen molar-refractivity contribution < 1.29 is 8.42 Å². The molecule has 0 spiro atoms.